The van der Waals surface area contributed by atoms with Crippen LogP contribution in [0.3, 0.4) is 0 Å². The van der Waals surface area contributed by atoms with Crippen LogP contribution in [0.15, 0.2) is 66.7 Å². The van der Waals surface area contributed by atoms with Crippen molar-refractivity contribution < 1.29 is 28.9 Å². The van der Waals surface area contributed by atoms with E-state index in [9.17, 15) is 14.0 Å². The van der Waals surface area contributed by atoms with Gasteiger partial charge in [0, 0.05) is 17.5 Å². The summed E-state index contributed by atoms with van der Waals surface area (Å²) in [5.41, 5.74) is 3.79. The van der Waals surface area contributed by atoms with Crippen LogP contribution in [0, 0.1) is 11.7 Å². The van der Waals surface area contributed by atoms with Gasteiger partial charge in [0.2, 0.25) is 0 Å². The molecule has 1 atom stereocenters. The van der Waals surface area contributed by atoms with Gasteiger partial charge in [0.15, 0.2) is 0 Å². The molecule has 0 fully saturated rings. The SMILES string of the molecule is O=C(O)CCCCC(COCc1cccc2sc(-c3cccc(F)c3)nc12)Cc1ccc(C(=O)O)cc1. The molecule has 0 aliphatic heterocycles. The number of ether oxygens (including phenoxy) is 1. The lowest BCUT2D eigenvalue weighted by atomic mass is 9.94. The topological polar surface area (TPSA) is 96.7 Å². The number of benzene rings is 3. The number of rotatable bonds is 13. The number of carbonyl (C=O) groups is 2. The van der Waals surface area contributed by atoms with Crippen molar-refractivity contribution >= 4 is 33.5 Å². The number of halogens is 1. The van der Waals surface area contributed by atoms with E-state index in [1.165, 1.54) is 23.5 Å². The molecule has 8 heteroatoms. The Morgan fingerprint density at radius 3 is 2.51 bits per heavy atom. The van der Waals surface area contributed by atoms with E-state index in [-0.39, 0.29) is 23.7 Å². The number of carboxylic acid groups (broad SMARTS) is 2. The Morgan fingerprint density at radius 1 is 1.00 bits per heavy atom. The number of nitrogens with zero attached hydrogens (tertiary/aromatic N) is 1. The van der Waals surface area contributed by atoms with Gasteiger partial charge < -0.3 is 14.9 Å². The summed E-state index contributed by atoms with van der Waals surface area (Å²) in [6, 6.07) is 19.2. The molecule has 0 bridgehead atoms. The van der Waals surface area contributed by atoms with Gasteiger partial charge in [-0.25, -0.2) is 14.2 Å². The molecule has 0 spiro atoms. The predicted octanol–water partition coefficient (Wildman–Crippen LogP) is 6.82. The largest absolute Gasteiger partial charge is 0.481 e. The van der Waals surface area contributed by atoms with Gasteiger partial charge in [-0.15, -0.1) is 11.3 Å². The van der Waals surface area contributed by atoms with Crippen LogP contribution in [0.4, 0.5) is 4.39 Å². The van der Waals surface area contributed by atoms with Gasteiger partial charge in [-0.3, -0.25) is 4.79 Å². The van der Waals surface area contributed by atoms with Crippen LogP contribution in [0.1, 0.15) is 47.2 Å². The lowest BCUT2D eigenvalue weighted by Gasteiger charge is -2.18. The fourth-order valence-corrected chi connectivity index (χ4v) is 5.28. The van der Waals surface area contributed by atoms with Gasteiger partial charge in [0.25, 0.3) is 0 Å². The molecule has 4 aromatic rings. The second-order valence-corrected chi connectivity index (χ2v) is 10.1. The molecule has 1 heterocycles. The summed E-state index contributed by atoms with van der Waals surface area (Å²) >= 11 is 1.51. The zero-order valence-corrected chi connectivity index (χ0v) is 21.0. The minimum Gasteiger partial charge on any atom is -0.481 e. The summed E-state index contributed by atoms with van der Waals surface area (Å²) in [6.07, 6.45) is 3.02. The van der Waals surface area contributed by atoms with Gasteiger partial charge >= 0.3 is 11.9 Å². The van der Waals surface area contributed by atoms with E-state index in [2.05, 4.69) is 0 Å². The molecule has 0 amide bonds. The highest BCUT2D eigenvalue weighted by Gasteiger charge is 2.14. The van der Waals surface area contributed by atoms with E-state index in [1.807, 2.05) is 36.4 Å². The van der Waals surface area contributed by atoms with Crippen molar-refractivity contribution in [1.29, 1.82) is 0 Å². The molecular formula is C29H28FNO5S. The maximum Gasteiger partial charge on any atom is 0.335 e. The van der Waals surface area contributed by atoms with Crippen LogP contribution in [0.5, 0.6) is 0 Å². The van der Waals surface area contributed by atoms with E-state index in [1.54, 1.807) is 18.2 Å². The molecule has 0 saturated carbocycles. The zero-order chi connectivity index (χ0) is 26.2. The highest BCUT2D eigenvalue weighted by Crippen LogP contribution is 2.32. The van der Waals surface area contributed by atoms with Crippen LogP contribution >= 0.6 is 11.3 Å². The summed E-state index contributed by atoms with van der Waals surface area (Å²) in [5, 5.41) is 18.8. The second kappa shape index (κ2) is 12.6. The first kappa shape index (κ1) is 26.4. The first-order valence-corrected chi connectivity index (χ1v) is 13.0. The van der Waals surface area contributed by atoms with Crippen molar-refractivity contribution in [2.75, 3.05) is 6.61 Å². The van der Waals surface area contributed by atoms with Crippen LogP contribution in [0.2, 0.25) is 0 Å². The predicted molar refractivity (Wildman–Crippen MR) is 141 cm³/mol. The summed E-state index contributed by atoms with van der Waals surface area (Å²) in [6.45, 7) is 0.846. The van der Waals surface area contributed by atoms with Crippen LogP contribution in [0.25, 0.3) is 20.8 Å². The number of aromatic carboxylic acids is 1. The van der Waals surface area contributed by atoms with Crippen LogP contribution in [-0.2, 0) is 22.6 Å². The van der Waals surface area contributed by atoms with E-state index in [4.69, 9.17) is 19.9 Å². The Hall–Kier alpha value is -3.62. The molecule has 3 aromatic carbocycles. The molecule has 1 aromatic heterocycles. The standard InChI is InChI=1S/C29H28FNO5S/c30-24-8-3-6-22(16-24)28-31-27-23(7-4-9-25(27)37-28)18-36-17-20(5-1-2-10-26(32)33)15-19-11-13-21(14-12-19)29(34)35/h3-4,6-9,11-14,16,20H,1-2,5,10,15,17-18H2,(H,32,33)(H,34,35). The summed E-state index contributed by atoms with van der Waals surface area (Å²) < 4.78 is 20.8. The number of aromatic nitrogens is 1. The van der Waals surface area contributed by atoms with Crippen molar-refractivity contribution in [3.05, 3.63) is 89.2 Å². The third-order valence-electron chi connectivity index (χ3n) is 6.16. The lowest BCUT2D eigenvalue weighted by molar-refractivity contribution is -0.137. The quantitative estimate of drug-likeness (QED) is 0.187. The number of unbranched alkanes of at least 4 members (excludes halogenated alkanes) is 1. The molecule has 0 radical (unpaired) electrons. The molecule has 2 N–H and O–H groups in total. The van der Waals surface area contributed by atoms with Crippen molar-refractivity contribution in [3.63, 3.8) is 0 Å². The van der Waals surface area contributed by atoms with Gasteiger partial charge in [0.05, 0.1) is 29.0 Å². The van der Waals surface area contributed by atoms with Gasteiger partial charge in [-0.05, 0) is 61.1 Å². The average Bonchev–Trinajstić information content (AvgIpc) is 3.32. The number of hydrogen-bond acceptors (Lipinski definition) is 5. The monoisotopic (exact) mass is 521 g/mol. The Kier molecular flexibility index (Phi) is 8.98. The summed E-state index contributed by atoms with van der Waals surface area (Å²) in [4.78, 5) is 26.8. The maximum atomic E-state index is 13.7. The summed E-state index contributed by atoms with van der Waals surface area (Å²) in [5.74, 6) is -1.91. The maximum absolute atomic E-state index is 13.7. The second-order valence-electron chi connectivity index (χ2n) is 9.02. The minimum atomic E-state index is -0.961. The number of hydrogen-bond donors (Lipinski definition) is 2. The molecule has 37 heavy (non-hydrogen) atoms. The van der Waals surface area contributed by atoms with Gasteiger partial charge in [-0.2, -0.15) is 0 Å². The minimum absolute atomic E-state index is 0.139. The van der Waals surface area contributed by atoms with E-state index >= 15 is 0 Å². The Bertz CT molecular complexity index is 1370. The smallest absolute Gasteiger partial charge is 0.335 e. The first-order valence-electron chi connectivity index (χ1n) is 12.1. The fraction of sp³-hybridized carbons (Fsp3) is 0.276. The third kappa shape index (κ3) is 7.44. The molecule has 1 unspecified atom stereocenters. The number of carboxylic acids is 2. The number of fused-ring (bicyclic) bond motifs is 1. The summed E-state index contributed by atoms with van der Waals surface area (Å²) in [7, 11) is 0. The molecule has 0 aliphatic carbocycles. The van der Waals surface area contributed by atoms with Crippen molar-refractivity contribution in [2.24, 2.45) is 5.92 Å². The molecule has 0 aliphatic rings. The molecule has 6 nitrogen and oxygen atoms in total. The van der Waals surface area contributed by atoms with E-state index < -0.39 is 11.9 Å². The van der Waals surface area contributed by atoms with E-state index in [0.29, 0.717) is 26.1 Å². The normalized spacial score (nSPS) is 12.0. The highest BCUT2D eigenvalue weighted by molar-refractivity contribution is 7.21. The van der Waals surface area contributed by atoms with Crippen molar-refractivity contribution in [1.82, 2.24) is 4.98 Å². The number of para-hydroxylation sites is 1. The molecule has 192 valence electrons. The molecule has 4 rings (SSSR count). The molecule has 0 saturated heterocycles. The van der Waals surface area contributed by atoms with Crippen molar-refractivity contribution in [2.45, 2.75) is 38.7 Å². The van der Waals surface area contributed by atoms with Gasteiger partial charge in [-0.1, -0.05) is 42.8 Å². The zero-order valence-electron chi connectivity index (χ0n) is 20.2. The third-order valence-corrected chi connectivity index (χ3v) is 7.23. The van der Waals surface area contributed by atoms with Crippen LogP contribution < -0.4 is 0 Å². The Morgan fingerprint density at radius 2 is 1.78 bits per heavy atom. The van der Waals surface area contributed by atoms with Crippen LogP contribution in [-0.4, -0.2) is 33.7 Å². The van der Waals surface area contributed by atoms with Gasteiger partial charge in [0.1, 0.15) is 10.8 Å². The number of thiazole rings is 1. The fourth-order valence-electron chi connectivity index (χ4n) is 4.27. The van der Waals surface area contributed by atoms with E-state index in [0.717, 1.165) is 44.8 Å². The lowest BCUT2D eigenvalue weighted by Crippen LogP contribution is -2.13. The molecular weight excluding hydrogens is 493 g/mol. The average molecular weight is 522 g/mol. The highest BCUT2D eigenvalue weighted by atomic mass is 32.1. The Balaban J connectivity index is 1.42. The van der Waals surface area contributed by atoms with Crippen molar-refractivity contribution in [3.8, 4) is 10.6 Å². The first-order chi connectivity index (χ1) is 17.9. The Labute approximate surface area is 218 Å². The number of aliphatic carboxylic acids is 1.